The second-order valence-electron chi connectivity index (χ2n) is 7.69. The Bertz CT molecular complexity index is 1330. The molecular formula is C21H13Cl2F6N5O2S. The highest BCUT2D eigenvalue weighted by atomic mass is 35.5. The van der Waals surface area contributed by atoms with Crippen LogP contribution in [0.15, 0.2) is 57.2 Å². The molecule has 3 aromatic rings. The maximum Gasteiger partial charge on any atom is 0.417 e. The Labute approximate surface area is 218 Å². The summed E-state index contributed by atoms with van der Waals surface area (Å²) in [6.45, 7) is 0. The first-order valence-corrected chi connectivity index (χ1v) is 11.8. The molecule has 0 saturated carbocycles. The minimum atomic E-state index is -4.81. The van der Waals surface area contributed by atoms with Crippen LogP contribution in [-0.4, -0.2) is 33.7 Å². The molecule has 37 heavy (non-hydrogen) atoms. The maximum atomic E-state index is 14.1. The molecule has 0 aliphatic carbocycles. The number of thioether (sulfide) groups is 1. The molecule has 0 bridgehead atoms. The molecule has 4 rings (SSSR count). The van der Waals surface area contributed by atoms with Crippen LogP contribution in [0.4, 0.5) is 32.0 Å². The van der Waals surface area contributed by atoms with Crippen molar-refractivity contribution in [3.8, 4) is 0 Å². The molecule has 2 N–H and O–H groups in total. The molecule has 1 atom stereocenters. The quantitative estimate of drug-likeness (QED) is 0.262. The number of halogens is 8. The molecular weight excluding hydrogens is 571 g/mol. The van der Waals surface area contributed by atoms with Gasteiger partial charge in [-0.2, -0.15) is 31.4 Å². The van der Waals surface area contributed by atoms with Crippen LogP contribution in [0.1, 0.15) is 23.4 Å². The number of aromatic nitrogens is 2. The van der Waals surface area contributed by atoms with Crippen molar-refractivity contribution in [3.05, 3.63) is 69.5 Å². The fourth-order valence-corrected chi connectivity index (χ4v) is 4.45. The SMILES string of the molecule is O=C(CSc1nnc(C2=NNC(c3cc(Cl)cc(Cl)c3)(C(F)(F)F)C2)o1)Nc1ccc(C(F)(F)F)cc1. The summed E-state index contributed by atoms with van der Waals surface area (Å²) in [5.74, 6) is -1.14. The number of rotatable bonds is 6. The van der Waals surface area contributed by atoms with Gasteiger partial charge in [-0.05, 0) is 48.0 Å². The Balaban J connectivity index is 1.40. The molecule has 2 heterocycles. The van der Waals surface area contributed by atoms with Crippen LogP contribution >= 0.6 is 35.0 Å². The average Bonchev–Trinajstić information content (AvgIpc) is 3.45. The van der Waals surface area contributed by atoms with Crippen LogP contribution in [0.2, 0.25) is 10.0 Å². The van der Waals surface area contributed by atoms with Gasteiger partial charge in [0.15, 0.2) is 5.54 Å². The normalized spacial score (nSPS) is 17.9. The molecule has 1 aliphatic heterocycles. The zero-order chi connectivity index (χ0) is 27.0. The van der Waals surface area contributed by atoms with E-state index < -0.39 is 35.8 Å². The minimum Gasteiger partial charge on any atom is -0.410 e. The number of hydrazone groups is 1. The van der Waals surface area contributed by atoms with E-state index in [-0.39, 0.29) is 43.9 Å². The first-order valence-electron chi connectivity index (χ1n) is 10.1. The number of alkyl halides is 6. The molecule has 1 amide bonds. The Kier molecular flexibility index (Phi) is 7.36. The molecule has 16 heteroatoms. The number of anilines is 1. The summed E-state index contributed by atoms with van der Waals surface area (Å²) in [5, 5.41) is 13.4. The fraction of sp³-hybridized carbons (Fsp3) is 0.238. The van der Waals surface area contributed by atoms with E-state index in [4.69, 9.17) is 27.6 Å². The van der Waals surface area contributed by atoms with Crippen LogP contribution in [0.3, 0.4) is 0 Å². The van der Waals surface area contributed by atoms with E-state index in [1.165, 1.54) is 6.07 Å². The number of benzene rings is 2. The van der Waals surface area contributed by atoms with Crippen molar-refractivity contribution in [3.63, 3.8) is 0 Å². The van der Waals surface area contributed by atoms with Crippen molar-refractivity contribution in [1.82, 2.24) is 15.6 Å². The second-order valence-corrected chi connectivity index (χ2v) is 9.49. The fourth-order valence-electron chi connectivity index (χ4n) is 3.36. The zero-order valence-corrected chi connectivity index (χ0v) is 20.4. The summed E-state index contributed by atoms with van der Waals surface area (Å²) < 4.78 is 85.7. The average molecular weight is 584 g/mol. The largest absolute Gasteiger partial charge is 0.417 e. The van der Waals surface area contributed by atoms with Crippen molar-refractivity contribution in [2.75, 3.05) is 11.1 Å². The molecule has 0 saturated heterocycles. The van der Waals surface area contributed by atoms with Crippen molar-refractivity contribution in [1.29, 1.82) is 0 Å². The van der Waals surface area contributed by atoms with E-state index in [2.05, 4.69) is 26.0 Å². The van der Waals surface area contributed by atoms with Gasteiger partial charge < -0.3 is 9.73 Å². The summed E-state index contributed by atoms with van der Waals surface area (Å²) in [6, 6.07) is 7.38. The number of hydrogen-bond acceptors (Lipinski definition) is 7. The van der Waals surface area contributed by atoms with Crippen molar-refractivity contribution in [2.24, 2.45) is 5.10 Å². The van der Waals surface area contributed by atoms with Gasteiger partial charge in [0.05, 0.1) is 11.3 Å². The predicted molar refractivity (Wildman–Crippen MR) is 124 cm³/mol. The Morgan fingerprint density at radius 2 is 1.70 bits per heavy atom. The number of hydrogen-bond donors (Lipinski definition) is 2. The number of amides is 1. The molecule has 2 aromatic carbocycles. The highest BCUT2D eigenvalue weighted by Gasteiger charge is 2.60. The molecule has 1 aromatic heterocycles. The first kappa shape index (κ1) is 27.1. The first-order chi connectivity index (χ1) is 17.3. The lowest BCUT2D eigenvalue weighted by Crippen LogP contribution is -2.49. The lowest BCUT2D eigenvalue weighted by Gasteiger charge is -2.31. The summed E-state index contributed by atoms with van der Waals surface area (Å²) >= 11 is 12.6. The molecule has 0 spiro atoms. The Morgan fingerprint density at radius 3 is 2.30 bits per heavy atom. The van der Waals surface area contributed by atoms with E-state index in [0.29, 0.717) is 0 Å². The van der Waals surface area contributed by atoms with Gasteiger partial charge in [0.2, 0.25) is 5.91 Å². The van der Waals surface area contributed by atoms with E-state index in [1.807, 2.05) is 0 Å². The van der Waals surface area contributed by atoms with Gasteiger partial charge in [-0.3, -0.25) is 10.2 Å². The van der Waals surface area contributed by atoms with Crippen LogP contribution in [-0.2, 0) is 16.5 Å². The van der Waals surface area contributed by atoms with E-state index >= 15 is 0 Å². The molecule has 196 valence electrons. The van der Waals surface area contributed by atoms with Crippen LogP contribution < -0.4 is 10.7 Å². The van der Waals surface area contributed by atoms with Crippen molar-refractivity contribution >= 4 is 52.3 Å². The third kappa shape index (κ3) is 5.96. The van der Waals surface area contributed by atoms with Gasteiger partial charge in [-0.25, -0.2) is 0 Å². The molecule has 7 nitrogen and oxygen atoms in total. The van der Waals surface area contributed by atoms with Gasteiger partial charge in [-0.1, -0.05) is 35.0 Å². The third-order valence-corrected chi connectivity index (χ3v) is 6.38. The topological polar surface area (TPSA) is 92.4 Å². The van der Waals surface area contributed by atoms with Gasteiger partial charge in [0.25, 0.3) is 11.1 Å². The number of carbonyl (C=O) groups is 1. The number of carbonyl (C=O) groups excluding carboxylic acids is 1. The van der Waals surface area contributed by atoms with Crippen LogP contribution in [0, 0.1) is 0 Å². The molecule has 0 fully saturated rings. The van der Waals surface area contributed by atoms with E-state index in [9.17, 15) is 31.1 Å². The summed E-state index contributed by atoms with van der Waals surface area (Å²) in [6.07, 6.45) is -10.0. The maximum absolute atomic E-state index is 14.1. The highest BCUT2D eigenvalue weighted by Crippen LogP contribution is 2.46. The summed E-state index contributed by atoms with van der Waals surface area (Å²) in [7, 11) is 0. The van der Waals surface area contributed by atoms with Crippen LogP contribution in [0.25, 0.3) is 0 Å². The highest BCUT2D eigenvalue weighted by molar-refractivity contribution is 7.99. The molecule has 1 unspecified atom stereocenters. The summed E-state index contributed by atoms with van der Waals surface area (Å²) in [4.78, 5) is 12.1. The lowest BCUT2D eigenvalue weighted by molar-refractivity contribution is -0.196. The standard InChI is InChI=1S/C21H13Cl2F6N5O2S/c22-12-5-11(6-13(23)7-12)19(21(27,28)29)8-15(31-34-19)17-32-33-18(36-17)37-9-16(35)30-14-3-1-10(2-4-14)20(24,25)26/h1-7,34H,8-9H2,(H,30,35). The Hall–Kier alpha value is -2.97. The third-order valence-electron chi connectivity index (χ3n) is 5.13. The smallest absolute Gasteiger partial charge is 0.410 e. The molecule has 1 aliphatic rings. The second kappa shape index (κ2) is 10.1. The van der Waals surface area contributed by atoms with Gasteiger partial charge in [0.1, 0.15) is 5.71 Å². The van der Waals surface area contributed by atoms with Gasteiger partial charge in [0, 0.05) is 22.2 Å². The zero-order valence-electron chi connectivity index (χ0n) is 18.0. The Morgan fingerprint density at radius 1 is 1.05 bits per heavy atom. The van der Waals surface area contributed by atoms with E-state index in [0.717, 1.165) is 48.2 Å². The monoisotopic (exact) mass is 583 g/mol. The van der Waals surface area contributed by atoms with Crippen molar-refractivity contribution < 1.29 is 35.6 Å². The predicted octanol–water partition coefficient (Wildman–Crippen LogP) is 6.28. The molecule has 0 radical (unpaired) electrons. The summed E-state index contributed by atoms with van der Waals surface area (Å²) in [5.41, 5.74) is -1.70. The van der Waals surface area contributed by atoms with Gasteiger partial charge in [-0.15, -0.1) is 10.2 Å². The minimum absolute atomic E-state index is 0.00687. The van der Waals surface area contributed by atoms with Gasteiger partial charge >= 0.3 is 12.4 Å². The number of nitrogens with one attached hydrogen (secondary N) is 2. The van der Waals surface area contributed by atoms with Crippen LogP contribution in [0.5, 0.6) is 0 Å². The van der Waals surface area contributed by atoms with E-state index in [1.54, 1.807) is 0 Å². The van der Waals surface area contributed by atoms with Crippen molar-refractivity contribution in [2.45, 2.75) is 29.5 Å². The number of nitrogens with zero attached hydrogens (tertiary/aromatic N) is 3. The lowest BCUT2D eigenvalue weighted by atomic mass is 9.85.